The van der Waals surface area contributed by atoms with Gasteiger partial charge in [-0.2, -0.15) is 13.2 Å². The van der Waals surface area contributed by atoms with Crippen molar-refractivity contribution < 1.29 is 18.0 Å². The van der Waals surface area contributed by atoms with E-state index in [2.05, 4.69) is 15.3 Å². The average Bonchev–Trinajstić information content (AvgIpc) is 2.34. The summed E-state index contributed by atoms with van der Waals surface area (Å²) in [6.07, 6.45) is -3.08. The van der Waals surface area contributed by atoms with E-state index in [1.807, 2.05) is 13.8 Å². The number of carbonyl (C=O) groups excluding carboxylic acids is 1. The topological polar surface area (TPSA) is 66.9 Å². The number of rotatable bonds is 4. The lowest BCUT2D eigenvalue weighted by Crippen LogP contribution is -2.34. The molecular weight excluding hydrogens is 261 g/mol. The van der Waals surface area contributed by atoms with E-state index in [1.165, 1.54) is 13.2 Å². The van der Waals surface area contributed by atoms with Crippen LogP contribution in [0.4, 0.5) is 18.9 Å². The molecule has 19 heavy (non-hydrogen) atoms. The highest BCUT2D eigenvalue weighted by molar-refractivity contribution is 5.97. The first-order valence-corrected chi connectivity index (χ1v) is 5.64. The third kappa shape index (κ3) is 4.38. The third-order valence-electron chi connectivity index (χ3n) is 2.26. The van der Waals surface area contributed by atoms with Gasteiger partial charge in [-0.15, -0.1) is 0 Å². The predicted octanol–water partition coefficient (Wildman–Crippen LogP) is 1.93. The largest absolute Gasteiger partial charge is 0.405 e. The van der Waals surface area contributed by atoms with Crippen molar-refractivity contribution in [3.8, 4) is 0 Å². The van der Waals surface area contributed by atoms with E-state index in [9.17, 15) is 18.0 Å². The van der Waals surface area contributed by atoms with E-state index in [-0.39, 0.29) is 17.3 Å². The molecule has 0 fully saturated rings. The second-order valence-electron chi connectivity index (χ2n) is 4.19. The van der Waals surface area contributed by atoms with Gasteiger partial charge in [-0.3, -0.25) is 4.79 Å². The number of aromatic nitrogens is 2. The zero-order valence-electron chi connectivity index (χ0n) is 10.8. The summed E-state index contributed by atoms with van der Waals surface area (Å²) < 4.78 is 36.2. The van der Waals surface area contributed by atoms with Gasteiger partial charge in [0, 0.05) is 13.0 Å². The minimum atomic E-state index is -4.45. The fourth-order valence-corrected chi connectivity index (χ4v) is 1.29. The van der Waals surface area contributed by atoms with Gasteiger partial charge in [0.05, 0.1) is 11.9 Å². The number of anilines is 1. The first-order chi connectivity index (χ1) is 8.74. The highest BCUT2D eigenvalue weighted by Gasteiger charge is 2.28. The molecule has 2 N–H and O–H groups in total. The fraction of sp³-hybridized carbons (Fsp3) is 0.545. The Bertz CT molecular complexity index is 460. The van der Waals surface area contributed by atoms with Gasteiger partial charge in [0.15, 0.2) is 5.69 Å². The quantitative estimate of drug-likeness (QED) is 0.882. The number of halogens is 3. The first-order valence-electron chi connectivity index (χ1n) is 5.64. The Labute approximate surface area is 108 Å². The first kappa shape index (κ1) is 15.2. The van der Waals surface area contributed by atoms with Crippen molar-refractivity contribution in [3.05, 3.63) is 17.7 Å². The second kappa shape index (κ2) is 5.85. The van der Waals surface area contributed by atoms with Crippen LogP contribution in [-0.4, -0.2) is 35.6 Å². The minimum Gasteiger partial charge on any atom is -0.385 e. The molecule has 1 aromatic heterocycles. The molecule has 1 amide bonds. The molecule has 0 saturated carbocycles. The van der Waals surface area contributed by atoms with Crippen LogP contribution in [0.25, 0.3) is 0 Å². The molecule has 0 aromatic carbocycles. The molecule has 5 nitrogen and oxygen atoms in total. The van der Waals surface area contributed by atoms with Gasteiger partial charge in [-0.1, -0.05) is 13.8 Å². The van der Waals surface area contributed by atoms with Crippen LogP contribution in [0.3, 0.4) is 0 Å². The Balaban J connectivity index is 2.96. The molecule has 0 radical (unpaired) electrons. The van der Waals surface area contributed by atoms with Crippen LogP contribution in [-0.2, 0) is 0 Å². The molecule has 0 bridgehead atoms. The van der Waals surface area contributed by atoms with Crippen molar-refractivity contribution in [2.45, 2.75) is 25.9 Å². The monoisotopic (exact) mass is 276 g/mol. The summed E-state index contributed by atoms with van der Waals surface area (Å²) in [6.45, 7) is 2.26. The van der Waals surface area contributed by atoms with Crippen molar-refractivity contribution in [1.29, 1.82) is 0 Å². The van der Waals surface area contributed by atoms with Crippen molar-refractivity contribution in [2.24, 2.45) is 0 Å². The summed E-state index contributed by atoms with van der Waals surface area (Å²) in [5.74, 6) is -0.512. The van der Waals surface area contributed by atoms with Gasteiger partial charge >= 0.3 is 6.18 Å². The van der Waals surface area contributed by atoms with Crippen LogP contribution in [0.1, 0.15) is 36.1 Å². The van der Waals surface area contributed by atoms with Crippen LogP contribution in [0.15, 0.2) is 6.20 Å². The Morgan fingerprint density at radius 2 is 2.05 bits per heavy atom. The molecule has 0 spiro atoms. The van der Waals surface area contributed by atoms with Crippen LogP contribution < -0.4 is 10.6 Å². The highest BCUT2D eigenvalue weighted by atomic mass is 19.4. The van der Waals surface area contributed by atoms with E-state index in [4.69, 9.17) is 0 Å². The molecule has 0 saturated heterocycles. The van der Waals surface area contributed by atoms with Crippen LogP contribution in [0.2, 0.25) is 0 Å². The molecule has 0 atom stereocenters. The maximum absolute atomic E-state index is 12.1. The van der Waals surface area contributed by atoms with Crippen molar-refractivity contribution >= 4 is 11.6 Å². The number of amides is 1. The van der Waals surface area contributed by atoms with Gasteiger partial charge in [0.2, 0.25) is 0 Å². The molecule has 1 aromatic rings. The summed E-state index contributed by atoms with van der Waals surface area (Å²) in [5.41, 5.74) is 0.189. The fourth-order valence-electron chi connectivity index (χ4n) is 1.29. The lowest BCUT2D eigenvalue weighted by Gasteiger charge is -2.12. The maximum Gasteiger partial charge on any atom is 0.405 e. The van der Waals surface area contributed by atoms with Crippen LogP contribution in [0, 0.1) is 0 Å². The van der Waals surface area contributed by atoms with E-state index in [0.29, 0.717) is 5.82 Å². The lowest BCUT2D eigenvalue weighted by atomic mass is 10.2. The summed E-state index contributed by atoms with van der Waals surface area (Å²) in [5, 5.41) is 4.46. The zero-order valence-corrected chi connectivity index (χ0v) is 10.8. The molecule has 106 valence electrons. The number of nitrogens with zero attached hydrogens (tertiary/aromatic N) is 2. The predicted molar refractivity (Wildman–Crippen MR) is 64.1 cm³/mol. The van der Waals surface area contributed by atoms with E-state index in [0.717, 1.165) is 0 Å². The normalized spacial score (nSPS) is 11.5. The molecule has 0 unspecified atom stereocenters. The lowest BCUT2D eigenvalue weighted by molar-refractivity contribution is -0.123. The van der Waals surface area contributed by atoms with E-state index >= 15 is 0 Å². The molecular formula is C11H15F3N4O. The van der Waals surface area contributed by atoms with E-state index < -0.39 is 18.6 Å². The number of carbonyl (C=O) groups is 1. The Kier molecular flexibility index (Phi) is 4.68. The molecule has 0 aliphatic heterocycles. The van der Waals surface area contributed by atoms with Gasteiger partial charge in [-0.25, -0.2) is 9.97 Å². The van der Waals surface area contributed by atoms with Crippen molar-refractivity contribution in [3.63, 3.8) is 0 Å². The smallest absolute Gasteiger partial charge is 0.385 e. The summed E-state index contributed by atoms with van der Waals surface area (Å²) in [4.78, 5) is 19.7. The molecule has 1 heterocycles. The van der Waals surface area contributed by atoms with Gasteiger partial charge in [0.25, 0.3) is 5.91 Å². The maximum atomic E-state index is 12.1. The molecule has 0 aliphatic carbocycles. The molecule has 1 rings (SSSR count). The standard InChI is InChI=1S/C11H15F3N4O/c1-6(2)9-16-4-7(15-3)8(18-9)10(19)17-5-11(12,13)14/h4,6,15H,5H2,1-3H3,(H,17,19). The SMILES string of the molecule is CNc1cnc(C(C)C)nc1C(=O)NCC(F)(F)F. The van der Waals surface area contributed by atoms with Gasteiger partial charge < -0.3 is 10.6 Å². The molecule has 0 aliphatic rings. The van der Waals surface area contributed by atoms with E-state index in [1.54, 1.807) is 5.32 Å². The van der Waals surface area contributed by atoms with Crippen molar-refractivity contribution in [2.75, 3.05) is 18.9 Å². The summed E-state index contributed by atoms with van der Waals surface area (Å²) in [6, 6.07) is 0. The number of alkyl halides is 3. The number of hydrogen-bond acceptors (Lipinski definition) is 4. The van der Waals surface area contributed by atoms with Gasteiger partial charge in [-0.05, 0) is 0 Å². The Morgan fingerprint density at radius 3 is 2.53 bits per heavy atom. The Hall–Kier alpha value is -1.86. The minimum absolute atomic E-state index is 0.0277. The summed E-state index contributed by atoms with van der Waals surface area (Å²) >= 11 is 0. The second-order valence-corrected chi connectivity index (χ2v) is 4.19. The third-order valence-corrected chi connectivity index (χ3v) is 2.26. The highest BCUT2D eigenvalue weighted by Crippen LogP contribution is 2.17. The van der Waals surface area contributed by atoms with Crippen LogP contribution >= 0.6 is 0 Å². The van der Waals surface area contributed by atoms with Gasteiger partial charge in [0.1, 0.15) is 12.4 Å². The average molecular weight is 276 g/mol. The molecule has 8 heteroatoms. The Morgan fingerprint density at radius 1 is 1.42 bits per heavy atom. The van der Waals surface area contributed by atoms with Crippen LogP contribution in [0.5, 0.6) is 0 Å². The summed E-state index contributed by atoms with van der Waals surface area (Å²) in [7, 11) is 1.54. The van der Waals surface area contributed by atoms with Crippen molar-refractivity contribution in [1.82, 2.24) is 15.3 Å². The number of nitrogens with one attached hydrogen (secondary N) is 2. The zero-order chi connectivity index (χ0) is 14.6. The number of hydrogen-bond donors (Lipinski definition) is 2.